The number of nitrogens with zero attached hydrogens (tertiary/aromatic N) is 2. The second kappa shape index (κ2) is 10.7. The van der Waals surface area contributed by atoms with E-state index in [1.165, 1.54) is 0 Å². The van der Waals surface area contributed by atoms with Crippen molar-refractivity contribution >= 4 is 13.6 Å². The van der Waals surface area contributed by atoms with Gasteiger partial charge in [-0.05, 0) is 35.7 Å². The number of hydrogen-bond acceptors (Lipinski definition) is 4. The van der Waals surface area contributed by atoms with Crippen LogP contribution in [0.25, 0.3) is 0 Å². The Morgan fingerprint density at radius 1 is 1.00 bits per heavy atom. The number of aliphatic carboxylic acids is 1. The summed E-state index contributed by atoms with van der Waals surface area (Å²) in [5, 5.41) is 9.62. The second-order valence-corrected chi connectivity index (χ2v) is 9.54. The highest BCUT2D eigenvalue weighted by Crippen LogP contribution is 2.39. The van der Waals surface area contributed by atoms with Crippen molar-refractivity contribution in [3.05, 3.63) is 101 Å². The molecule has 0 saturated heterocycles. The van der Waals surface area contributed by atoms with Crippen molar-refractivity contribution in [3.8, 4) is 0 Å². The van der Waals surface area contributed by atoms with E-state index in [0.717, 1.165) is 22.4 Å². The van der Waals surface area contributed by atoms with Gasteiger partial charge in [-0.3, -0.25) is 19.2 Å². The van der Waals surface area contributed by atoms with Gasteiger partial charge in [-0.25, -0.2) is 0 Å². The van der Waals surface area contributed by atoms with Crippen LogP contribution in [-0.2, 0) is 28.6 Å². The Bertz CT molecular complexity index is 1080. The lowest BCUT2D eigenvalue weighted by atomic mass is 9.98. The van der Waals surface area contributed by atoms with E-state index in [1.807, 2.05) is 61.5 Å². The predicted molar refractivity (Wildman–Crippen MR) is 122 cm³/mol. The van der Waals surface area contributed by atoms with Gasteiger partial charge in [-0.15, -0.1) is 0 Å². The monoisotopic (exact) mass is 454 g/mol. The molecule has 0 aliphatic carbocycles. The summed E-state index contributed by atoms with van der Waals surface area (Å²) in [6, 6.07) is 20.2. The van der Waals surface area contributed by atoms with Gasteiger partial charge < -0.3 is 14.9 Å². The van der Waals surface area contributed by atoms with Crippen molar-refractivity contribution in [2.24, 2.45) is 0 Å². The third-order valence-corrected chi connectivity index (χ3v) is 5.90. The Kier molecular flexibility index (Phi) is 7.94. The van der Waals surface area contributed by atoms with E-state index in [-0.39, 0.29) is 18.6 Å². The lowest BCUT2D eigenvalue weighted by molar-refractivity contribution is -0.138. The maximum atomic E-state index is 11.7. The minimum atomic E-state index is -4.14. The molecule has 1 aromatic heterocycles. The molecule has 0 saturated carbocycles. The molecule has 3 rings (SSSR count). The highest BCUT2D eigenvalue weighted by atomic mass is 31.2. The van der Waals surface area contributed by atoms with Crippen molar-refractivity contribution in [1.82, 2.24) is 9.88 Å². The molecule has 7 nitrogen and oxygen atoms in total. The van der Waals surface area contributed by atoms with E-state index >= 15 is 0 Å². The summed E-state index contributed by atoms with van der Waals surface area (Å²) in [6.07, 6.45) is 1.34. The maximum Gasteiger partial charge on any atom is 0.329 e. The molecule has 1 heterocycles. The van der Waals surface area contributed by atoms with Crippen molar-refractivity contribution in [2.75, 3.05) is 0 Å². The van der Waals surface area contributed by atoms with Gasteiger partial charge in [-0.2, -0.15) is 0 Å². The first-order chi connectivity index (χ1) is 15.2. The van der Waals surface area contributed by atoms with E-state index in [4.69, 9.17) is 0 Å². The molecule has 2 aromatic carbocycles. The third-order valence-electron chi connectivity index (χ3n) is 5.12. The number of aromatic nitrogens is 1. The average molecular weight is 454 g/mol. The summed E-state index contributed by atoms with van der Waals surface area (Å²) in [4.78, 5) is 36.6. The standard InChI is InChI=1S/C24H27N2O5P/c1-18-5-4-6-21(13-18)23(14-24(27)28)26(16-22-7-2-3-12-25-22)15-19-8-10-20(11-9-19)17-32(29,30)31/h2-13,23H,14-17H2,1H3,(H,27,28)(H2,29,30,31). The molecule has 0 fully saturated rings. The van der Waals surface area contributed by atoms with Crippen molar-refractivity contribution in [3.63, 3.8) is 0 Å². The third kappa shape index (κ3) is 7.39. The zero-order valence-electron chi connectivity index (χ0n) is 17.8. The molecule has 0 aliphatic rings. The van der Waals surface area contributed by atoms with Crippen LogP contribution >= 0.6 is 7.60 Å². The van der Waals surface area contributed by atoms with Crippen molar-refractivity contribution in [2.45, 2.75) is 38.6 Å². The van der Waals surface area contributed by atoms with Crippen LogP contribution in [-0.4, -0.2) is 30.7 Å². The summed E-state index contributed by atoms with van der Waals surface area (Å²) >= 11 is 0. The molecule has 0 aliphatic heterocycles. The Morgan fingerprint density at radius 3 is 2.31 bits per heavy atom. The zero-order chi connectivity index (χ0) is 23.1. The van der Waals surface area contributed by atoms with Gasteiger partial charge in [0.05, 0.1) is 18.3 Å². The molecule has 1 unspecified atom stereocenters. The van der Waals surface area contributed by atoms with Gasteiger partial charge >= 0.3 is 13.6 Å². The summed E-state index contributed by atoms with van der Waals surface area (Å²) in [6.45, 7) is 2.89. The molecule has 8 heteroatoms. The van der Waals surface area contributed by atoms with E-state index in [0.29, 0.717) is 18.7 Å². The van der Waals surface area contributed by atoms with Gasteiger partial charge in [0.25, 0.3) is 0 Å². The number of aryl methyl sites for hydroxylation is 1. The fourth-order valence-electron chi connectivity index (χ4n) is 3.70. The van der Waals surface area contributed by atoms with E-state index in [9.17, 15) is 24.3 Å². The van der Waals surface area contributed by atoms with Crippen LogP contribution in [0.1, 0.15) is 40.4 Å². The molecule has 32 heavy (non-hydrogen) atoms. The van der Waals surface area contributed by atoms with Crippen LogP contribution in [0.3, 0.4) is 0 Å². The molecule has 0 radical (unpaired) electrons. The molecule has 0 amide bonds. The summed E-state index contributed by atoms with van der Waals surface area (Å²) in [5.74, 6) is -0.889. The number of hydrogen-bond donors (Lipinski definition) is 3. The molecule has 3 N–H and O–H groups in total. The SMILES string of the molecule is Cc1cccc(C(CC(=O)O)N(Cc2ccc(CP(=O)(O)O)cc2)Cc2ccccn2)c1. The number of carboxylic acid groups (broad SMARTS) is 1. The van der Waals surface area contributed by atoms with Crippen LogP contribution in [0.2, 0.25) is 0 Å². The lowest BCUT2D eigenvalue weighted by Gasteiger charge is -2.31. The molecular formula is C24H27N2O5P. The molecule has 0 bridgehead atoms. The topological polar surface area (TPSA) is 111 Å². The van der Waals surface area contributed by atoms with Gasteiger partial charge in [0.15, 0.2) is 0 Å². The maximum absolute atomic E-state index is 11.7. The minimum absolute atomic E-state index is 0.0629. The summed E-state index contributed by atoms with van der Waals surface area (Å²) < 4.78 is 11.3. The summed E-state index contributed by atoms with van der Waals surface area (Å²) in [7, 11) is -4.14. The summed E-state index contributed by atoms with van der Waals surface area (Å²) in [5.41, 5.74) is 4.27. The lowest BCUT2D eigenvalue weighted by Crippen LogP contribution is -2.30. The fraction of sp³-hybridized carbons (Fsp3) is 0.250. The second-order valence-electron chi connectivity index (χ2n) is 7.89. The van der Waals surface area contributed by atoms with Crippen LogP contribution in [0.4, 0.5) is 0 Å². The molecule has 0 spiro atoms. The molecule has 1 atom stereocenters. The number of rotatable bonds is 10. The van der Waals surface area contributed by atoms with Crippen LogP contribution in [0.5, 0.6) is 0 Å². The van der Waals surface area contributed by atoms with Crippen LogP contribution < -0.4 is 0 Å². The Labute approximate surface area is 187 Å². The van der Waals surface area contributed by atoms with E-state index in [1.54, 1.807) is 18.3 Å². The van der Waals surface area contributed by atoms with E-state index < -0.39 is 13.6 Å². The number of pyridine rings is 1. The van der Waals surface area contributed by atoms with Gasteiger partial charge in [0.2, 0.25) is 0 Å². The van der Waals surface area contributed by atoms with Gasteiger partial charge in [0.1, 0.15) is 0 Å². The van der Waals surface area contributed by atoms with Gasteiger partial charge in [0, 0.05) is 25.3 Å². The van der Waals surface area contributed by atoms with E-state index in [2.05, 4.69) is 9.88 Å². The zero-order valence-corrected chi connectivity index (χ0v) is 18.7. The van der Waals surface area contributed by atoms with Crippen LogP contribution in [0.15, 0.2) is 72.9 Å². The quantitative estimate of drug-likeness (QED) is 0.392. The Morgan fingerprint density at radius 2 is 1.72 bits per heavy atom. The number of carbonyl (C=O) groups is 1. The average Bonchev–Trinajstić information content (AvgIpc) is 2.72. The minimum Gasteiger partial charge on any atom is -0.481 e. The number of carboxylic acids is 1. The molecule has 3 aromatic rings. The van der Waals surface area contributed by atoms with Gasteiger partial charge in [-0.1, -0.05) is 60.2 Å². The first kappa shape index (κ1) is 23.8. The smallest absolute Gasteiger partial charge is 0.329 e. The van der Waals surface area contributed by atoms with Crippen molar-refractivity contribution < 1.29 is 24.3 Å². The molecule has 168 valence electrons. The Hall–Kier alpha value is -2.83. The first-order valence-corrected chi connectivity index (χ1v) is 12.0. The largest absolute Gasteiger partial charge is 0.481 e. The Balaban J connectivity index is 1.92. The van der Waals surface area contributed by atoms with Crippen LogP contribution in [0, 0.1) is 6.92 Å². The number of benzene rings is 2. The highest BCUT2D eigenvalue weighted by Gasteiger charge is 2.24. The van der Waals surface area contributed by atoms with Crippen molar-refractivity contribution in [1.29, 1.82) is 0 Å². The predicted octanol–water partition coefficient (Wildman–Crippen LogP) is 4.29. The highest BCUT2D eigenvalue weighted by molar-refractivity contribution is 7.50. The molecular weight excluding hydrogens is 427 g/mol. The normalized spacial score (nSPS) is 12.6. The first-order valence-electron chi connectivity index (χ1n) is 10.2. The fourth-order valence-corrected chi connectivity index (χ4v) is 4.39.